The van der Waals surface area contributed by atoms with Crippen LogP contribution in [-0.4, -0.2) is 22.1 Å². The van der Waals surface area contributed by atoms with E-state index < -0.39 is 11.8 Å². The van der Waals surface area contributed by atoms with Crippen molar-refractivity contribution in [1.82, 2.24) is 5.06 Å². The van der Waals surface area contributed by atoms with Crippen LogP contribution in [0.5, 0.6) is 0 Å². The molecule has 4 heteroatoms. The van der Waals surface area contributed by atoms with Crippen molar-refractivity contribution < 1.29 is 14.8 Å². The highest BCUT2D eigenvalue weighted by Crippen LogP contribution is 2.30. The van der Waals surface area contributed by atoms with Crippen molar-refractivity contribution >= 4 is 11.8 Å². The van der Waals surface area contributed by atoms with Crippen LogP contribution in [0.15, 0.2) is 12.2 Å². The number of amides is 2. The second-order valence-electron chi connectivity index (χ2n) is 3.19. The second-order valence-corrected chi connectivity index (χ2v) is 3.19. The van der Waals surface area contributed by atoms with Crippen molar-refractivity contribution in [3.63, 3.8) is 0 Å². The number of allylic oxidation sites excluding steroid dienone is 1. The van der Waals surface area contributed by atoms with E-state index in [1.54, 1.807) is 6.08 Å². The maximum absolute atomic E-state index is 11.2. The molecule has 0 saturated carbocycles. The summed E-state index contributed by atoms with van der Waals surface area (Å²) in [6.07, 6.45) is 4.79. The van der Waals surface area contributed by atoms with Gasteiger partial charge in [-0.25, -0.2) is 0 Å². The van der Waals surface area contributed by atoms with Gasteiger partial charge in [0.25, 0.3) is 11.8 Å². The highest BCUT2D eigenvalue weighted by molar-refractivity contribution is 5.99. The minimum Gasteiger partial charge on any atom is -0.278 e. The summed E-state index contributed by atoms with van der Waals surface area (Å²) in [7, 11) is 0. The lowest BCUT2D eigenvalue weighted by Gasteiger charge is -2.32. The second kappa shape index (κ2) is 2.42. The van der Waals surface area contributed by atoms with Gasteiger partial charge >= 0.3 is 0 Å². The highest BCUT2D eigenvalue weighted by Gasteiger charge is 2.40. The van der Waals surface area contributed by atoms with Gasteiger partial charge in [-0.3, -0.25) is 14.8 Å². The third-order valence-corrected chi connectivity index (χ3v) is 2.41. The Hall–Kier alpha value is -1.16. The molecule has 4 nitrogen and oxygen atoms in total. The van der Waals surface area contributed by atoms with Gasteiger partial charge in [-0.2, -0.15) is 5.06 Å². The van der Waals surface area contributed by atoms with Crippen LogP contribution < -0.4 is 0 Å². The molecule has 1 fully saturated rings. The zero-order valence-electron chi connectivity index (χ0n) is 6.43. The first kappa shape index (κ1) is 7.49. The van der Waals surface area contributed by atoms with E-state index in [1.165, 1.54) is 0 Å². The zero-order valence-corrected chi connectivity index (χ0v) is 6.43. The summed E-state index contributed by atoms with van der Waals surface area (Å²) in [5, 5.41) is 9.32. The van der Waals surface area contributed by atoms with Gasteiger partial charge in [-0.15, -0.1) is 0 Å². The van der Waals surface area contributed by atoms with E-state index in [-0.39, 0.29) is 16.9 Å². The molecule has 0 aromatic rings. The fraction of sp³-hybridized carbons (Fsp3) is 0.500. The molecule has 2 atom stereocenters. The van der Waals surface area contributed by atoms with Gasteiger partial charge < -0.3 is 0 Å². The summed E-state index contributed by atoms with van der Waals surface area (Å²) < 4.78 is 0. The highest BCUT2D eigenvalue weighted by atomic mass is 16.5. The fourth-order valence-electron chi connectivity index (χ4n) is 1.71. The Labute approximate surface area is 69.4 Å². The molecular weight excluding hydrogens is 158 g/mol. The van der Waals surface area contributed by atoms with Gasteiger partial charge in [0.1, 0.15) is 0 Å². The number of hydrogen-bond donors (Lipinski definition) is 1. The molecule has 1 N–H and O–H groups in total. The zero-order chi connectivity index (χ0) is 8.72. The normalized spacial score (nSPS) is 34.2. The summed E-state index contributed by atoms with van der Waals surface area (Å²) in [5.41, 5.74) is 0. The van der Waals surface area contributed by atoms with E-state index >= 15 is 0 Å². The first-order valence-corrected chi connectivity index (χ1v) is 3.93. The maximum Gasteiger partial charge on any atom is 0.260 e. The topological polar surface area (TPSA) is 57.6 Å². The van der Waals surface area contributed by atoms with Crippen molar-refractivity contribution in [3.05, 3.63) is 12.2 Å². The van der Waals surface area contributed by atoms with Crippen LogP contribution in [0, 0.1) is 11.8 Å². The Kier molecular flexibility index (Phi) is 1.51. The van der Waals surface area contributed by atoms with Gasteiger partial charge in [0.2, 0.25) is 0 Å². The third kappa shape index (κ3) is 0.881. The van der Waals surface area contributed by atoms with E-state index in [0.29, 0.717) is 12.8 Å². The Morgan fingerprint density at radius 3 is 2.92 bits per heavy atom. The Morgan fingerprint density at radius 1 is 1.42 bits per heavy atom. The summed E-state index contributed by atoms with van der Waals surface area (Å²) >= 11 is 0. The minimum absolute atomic E-state index is 0.192. The van der Waals surface area contributed by atoms with Crippen molar-refractivity contribution in [2.24, 2.45) is 11.8 Å². The van der Waals surface area contributed by atoms with Crippen LogP contribution in [0.1, 0.15) is 12.8 Å². The first-order valence-electron chi connectivity index (χ1n) is 3.93. The van der Waals surface area contributed by atoms with E-state index in [4.69, 9.17) is 5.21 Å². The summed E-state index contributed by atoms with van der Waals surface area (Å²) in [6.45, 7) is 0. The van der Waals surface area contributed by atoms with Gasteiger partial charge in [0.05, 0.1) is 5.92 Å². The van der Waals surface area contributed by atoms with E-state index in [1.807, 2.05) is 6.08 Å². The average Bonchev–Trinajstić information content (AvgIpc) is 2.13. The average molecular weight is 167 g/mol. The van der Waals surface area contributed by atoms with Crippen molar-refractivity contribution in [1.29, 1.82) is 0 Å². The van der Waals surface area contributed by atoms with Gasteiger partial charge in [-0.05, 0) is 12.8 Å². The van der Waals surface area contributed by atoms with Crippen molar-refractivity contribution in [2.75, 3.05) is 0 Å². The monoisotopic (exact) mass is 167 g/mol. The molecule has 2 unspecified atom stereocenters. The van der Waals surface area contributed by atoms with Crippen LogP contribution in [0.4, 0.5) is 0 Å². The Morgan fingerprint density at radius 2 is 2.17 bits per heavy atom. The molecule has 2 rings (SSSR count). The van der Waals surface area contributed by atoms with Crippen LogP contribution in [-0.2, 0) is 9.59 Å². The number of imide groups is 1. The lowest BCUT2D eigenvalue weighted by atomic mass is 9.82. The molecule has 2 bridgehead atoms. The quantitative estimate of drug-likeness (QED) is 0.321. The molecule has 12 heavy (non-hydrogen) atoms. The molecule has 0 aromatic heterocycles. The lowest BCUT2D eigenvalue weighted by molar-refractivity contribution is -0.190. The summed E-state index contributed by atoms with van der Waals surface area (Å²) in [5.74, 6) is -1.43. The number of hydrogen-bond acceptors (Lipinski definition) is 3. The molecule has 0 spiro atoms. The van der Waals surface area contributed by atoms with Crippen LogP contribution >= 0.6 is 0 Å². The molecule has 1 aliphatic carbocycles. The standard InChI is InChI=1S/C8H9NO3/c10-7-5-2-1-3-6(4-5)8(11)9(7)12/h1-2,5-6,12H,3-4H2. The predicted octanol–water partition coefficient (Wildman–Crippen LogP) is 0.327. The van der Waals surface area contributed by atoms with Gasteiger partial charge in [-0.1, -0.05) is 12.2 Å². The maximum atomic E-state index is 11.2. The molecule has 2 amide bonds. The molecule has 1 aliphatic heterocycles. The summed E-state index contributed by atoms with van der Waals surface area (Å²) in [6, 6.07) is 0. The largest absolute Gasteiger partial charge is 0.278 e. The Bertz CT molecular complexity index is 271. The molecule has 0 aromatic carbocycles. The number of carbonyl (C=O) groups excluding carboxylic acids is 2. The van der Waals surface area contributed by atoms with Gasteiger partial charge in [0.15, 0.2) is 0 Å². The molecule has 1 heterocycles. The predicted molar refractivity (Wildman–Crippen MR) is 39.0 cm³/mol. The van der Waals surface area contributed by atoms with E-state index in [2.05, 4.69) is 0 Å². The Balaban J connectivity index is 2.34. The minimum atomic E-state index is -0.493. The first-order chi connectivity index (χ1) is 5.70. The molecule has 1 saturated heterocycles. The number of hydroxylamine groups is 2. The fourth-order valence-corrected chi connectivity index (χ4v) is 1.71. The SMILES string of the molecule is O=C1C2C=CCC(C2)C(=O)N1O. The summed E-state index contributed by atoms with van der Waals surface area (Å²) in [4.78, 5) is 22.3. The third-order valence-electron chi connectivity index (χ3n) is 2.41. The van der Waals surface area contributed by atoms with E-state index in [0.717, 1.165) is 0 Å². The number of fused-ring (bicyclic) bond motifs is 2. The van der Waals surface area contributed by atoms with Crippen molar-refractivity contribution in [2.45, 2.75) is 12.8 Å². The van der Waals surface area contributed by atoms with Crippen LogP contribution in [0.25, 0.3) is 0 Å². The number of rotatable bonds is 0. The number of piperidine rings is 1. The number of carbonyl (C=O) groups is 2. The van der Waals surface area contributed by atoms with E-state index in [9.17, 15) is 9.59 Å². The number of nitrogens with zero attached hydrogens (tertiary/aromatic N) is 1. The molecule has 64 valence electrons. The van der Waals surface area contributed by atoms with Crippen LogP contribution in [0.2, 0.25) is 0 Å². The van der Waals surface area contributed by atoms with Crippen molar-refractivity contribution in [3.8, 4) is 0 Å². The molecule has 2 aliphatic rings. The smallest absolute Gasteiger partial charge is 0.260 e. The van der Waals surface area contributed by atoms with Crippen LogP contribution in [0.3, 0.4) is 0 Å². The molecular formula is C8H9NO3. The molecule has 0 radical (unpaired) electrons. The van der Waals surface area contributed by atoms with Gasteiger partial charge in [0, 0.05) is 5.92 Å². The lowest BCUT2D eigenvalue weighted by Crippen LogP contribution is -2.48.